The molecule has 2 aliphatic rings. The molecule has 0 radical (unpaired) electrons. The van der Waals surface area contributed by atoms with Gasteiger partial charge in [0.15, 0.2) is 0 Å². The third-order valence-corrected chi connectivity index (χ3v) is 7.95. The van der Waals surface area contributed by atoms with E-state index in [1.807, 2.05) is 6.07 Å². The van der Waals surface area contributed by atoms with Gasteiger partial charge in [0, 0.05) is 5.56 Å². The highest BCUT2D eigenvalue weighted by atomic mass is 31.0. The lowest BCUT2D eigenvalue weighted by atomic mass is 9.74. The lowest BCUT2D eigenvalue weighted by Gasteiger charge is -2.32. The Morgan fingerprint density at radius 3 is 1.61 bits per heavy atom. The second-order valence-electron chi connectivity index (χ2n) is 9.42. The first-order chi connectivity index (χ1) is 15.6. The molecule has 0 saturated heterocycles. The Balaban J connectivity index is 1.96. The van der Waals surface area contributed by atoms with Gasteiger partial charge in [0.2, 0.25) is 0 Å². The Bertz CT molecular complexity index is 947. The van der Waals surface area contributed by atoms with Crippen LogP contribution in [0, 0.1) is 0 Å². The van der Waals surface area contributed by atoms with Gasteiger partial charge in [0.25, 0.3) is 0 Å². The minimum atomic E-state index is -4.89. The first-order valence-corrected chi connectivity index (χ1v) is 12.4. The first-order valence-electron chi connectivity index (χ1n) is 11.8. The van der Waals surface area contributed by atoms with Gasteiger partial charge in [-0.1, -0.05) is 56.7 Å². The summed E-state index contributed by atoms with van der Waals surface area (Å²) in [6, 6.07) is 5.68. The highest BCUT2D eigenvalue weighted by Gasteiger charge is 2.41. The van der Waals surface area contributed by atoms with Gasteiger partial charge in [-0.05, 0) is 71.6 Å². The van der Waals surface area contributed by atoms with Crippen molar-refractivity contribution in [3.05, 3.63) is 52.6 Å². The lowest BCUT2D eigenvalue weighted by molar-refractivity contribution is -0.142. The molecule has 0 aliphatic heterocycles. The average Bonchev–Trinajstić information content (AvgIpc) is 2.78. The van der Waals surface area contributed by atoms with Crippen LogP contribution in [0.1, 0.15) is 98.3 Å². The summed E-state index contributed by atoms with van der Waals surface area (Å²) in [5.41, 5.74) is -1.08. The van der Waals surface area contributed by atoms with Gasteiger partial charge in [-0.3, -0.25) is 0 Å². The van der Waals surface area contributed by atoms with Gasteiger partial charge < -0.3 is 0 Å². The molecule has 1 atom stereocenters. The SMILES string of the molecule is FC(F)(F)c1cccc(C(F)(F)F)c1-c1ccc(C2CCCCC2)c(C2CCCCC2)c1P. The topological polar surface area (TPSA) is 0 Å². The molecule has 0 spiro atoms. The number of halogens is 6. The van der Waals surface area contributed by atoms with E-state index in [0.29, 0.717) is 11.2 Å². The highest BCUT2D eigenvalue weighted by Crippen LogP contribution is 2.47. The van der Waals surface area contributed by atoms with Gasteiger partial charge in [0.05, 0.1) is 11.1 Å². The molecule has 1 unspecified atom stereocenters. The monoisotopic (exact) mass is 486 g/mol. The van der Waals surface area contributed by atoms with Crippen molar-refractivity contribution >= 4 is 14.5 Å². The Kier molecular flexibility index (Phi) is 7.15. The van der Waals surface area contributed by atoms with Crippen molar-refractivity contribution in [3.8, 4) is 11.1 Å². The predicted molar refractivity (Wildman–Crippen MR) is 123 cm³/mol. The van der Waals surface area contributed by atoms with E-state index in [2.05, 4.69) is 9.24 Å². The molecule has 0 heterocycles. The summed E-state index contributed by atoms with van der Waals surface area (Å²) in [5.74, 6) is 0.500. The van der Waals surface area contributed by atoms with Gasteiger partial charge in [-0.15, -0.1) is 9.24 Å². The van der Waals surface area contributed by atoms with Crippen LogP contribution in [0.4, 0.5) is 26.3 Å². The predicted octanol–water partition coefficient (Wildman–Crippen LogP) is 8.99. The largest absolute Gasteiger partial charge is 0.417 e. The molecule has 7 heteroatoms. The Hall–Kier alpha value is -1.55. The van der Waals surface area contributed by atoms with E-state index in [1.165, 1.54) is 12.5 Å². The van der Waals surface area contributed by atoms with E-state index in [4.69, 9.17) is 0 Å². The third-order valence-electron chi connectivity index (χ3n) is 7.32. The minimum absolute atomic E-state index is 0.0281. The van der Waals surface area contributed by atoms with Crippen molar-refractivity contribution < 1.29 is 26.3 Å². The standard InChI is InChI=1S/C26H29F6P/c27-25(28,29)20-12-7-13-21(26(30,31)32)23(20)19-15-14-18(16-8-3-1-4-9-16)22(24(19)33)17-10-5-2-6-11-17/h7,12-17H,1-6,8-11,33H2. The number of rotatable bonds is 3. The highest BCUT2D eigenvalue weighted by molar-refractivity contribution is 7.28. The summed E-state index contributed by atoms with van der Waals surface area (Å²) < 4.78 is 83.3. The molecule has 0 aromatic heterocycles. The number of hydrogen-bond donors (Lipinski definition) is 0. The molecule has 180 valence electrons. The average molecular weight is 486 g/mol. The smallest absolute Gasteiger partial charge is 0.166 e. The van der Waals surface area contributed by atoms with Crippen LogP contribution in [0.15, 0.2) is 30.3 Å². The molecule has 2 aromatic rings. The maximum absolute atomic E-state index is 13.9. The Labute approximate surface area is 193 Å². The molecule has 0 amide bonds. The van der Waals surface area contributed by atoms with Gasteiger partial charge in [0.1, 0.15) is 0 Å². The van der Waals surface area contributed by atoms with Crippen LogP contribution in [0.3, 0.4) is 0 Å². The number of alkyl halides is 6. The molecule has 2 aromatic carbocycles. The fraction of sp³-hybridized carbons (Fsp3) is 0.538. The molecule has 2 aliphatic carbocycles. The van der Waals surface area contributed by atoms with E-state index in [9.17, 15) is 26.3 Å². The zero-order chi connectivity index (χ0) is 23.8. The van der Waals surface area contributed by atoms with Crippen molar-refractivity contribution in [1.82, 2.24) is 0 Å². The molecular formula is C26H29F6P. The third kappa shape index (κ3) is 5.11. The molecule has 0 N–H and O–H groups in total. The van der Waals surface area contributed by atoms with Crippen molar-refractivity contribution in [2.45, 2.75) is 88.4 Å². The van der Waals surface area contributed by atoms with Crippen molar-refractivity contribution in [2.75, 3.05) is 0 Å². The summed E-state index contributed by atoms with van der Waals surface area (Å²) in [7, 11) is 2.54. The maximum atomic E-state index is 13.9. The van der Waals surface area contributed by atoms with Crippen LogP contribution in [-0.2, 0) is 12.4 Å². The van der Waals surface area contributed by atoms with E-state index in [-0.39, 0.29) is 11.5 Å². The van der Waals surface area contributed by atoms with E-state index in [0.717, 1.165) is 87.1 Å². The van der Waals surface area contributed by atoms with Crippen molar-refractivity contribution in [3.63, 3.8) is 0 Å². The molecule has 33 heavy (non-hydrogen) atoms. The summed E-state index contributed by atoms with van der Waals surface area (Å²) in [5, 5.41) is 0.507. The van der Waals surface area contributed by atoms with Crippen LogP contribution in [-0.4, -0.2) is 0 Å². The van der Waals surface area contributed by atoms with Crippen LogP contribution >= 0.6 is 9.24 Å². The normalized spacial score (nSPS) is 19.1. The van der Waals surface area contributed by atoms with Gasteiger partial charge in [-0.25, -0.2) is 0 Å². The second kappa shape index (κ2) is 9.60. The summed E-state index contributed by atoms with van der Waals surface area (Å²) in [6.45, 7) is 0. The number of hydrogen-bond acceptors (Lipinski definition) is 0. The molecule has 4 rings (SSSR count). The maximum Gasteiger partial charge on any atom is 0.417 e. The summed E-state index contributed by atoms with van der Waals surface area (Å²) in [4.78, 5) is 0. The van der Waals surface area contributed by atoms with Crippen molar-refractivity contribution in [2.24, 2.45) is 0 Å². The zero-order valence-electron chi connectivity index (χ0n) is 18.5. The molecule has 0 bridgehead atoms. The first kappa shape index (κ1) is 24.6. The Morgan fingerprint density at radius 2 is 1.12 bits per heavy atom. The molecule has 0 nitrogen and oxygen atoms in total. The van der Waals surface area contributed by atoms with Crippen LogP contribution in [0.2, 0.25) is 0 Å². The fourth-order valence-corrected chi connectivity index (χ4v) is 6.45. The zero-order valence-corrected chi connectivity index (χ0v) is 19.6. The van der Waals surface area contributed by atoms with Crippen LogP contribution in [0.25, 0.3) is 11.1 Å². The molecular weight excluding hydrogens is 457 g/mol. The number of benzene rings is 2. The van der Waals surface area contributed by atoms with Crippen LogP contribution < -0.4 is 5.30 Å². The summed E-state index contributed by atoms with van der Waals surface area (Å²) >= 11 is 0. The van der Waals surface area contributed by atoms with Crippen LogP contribution in [0.5, 0.6) is 0 Å². The van der Waals surface area contributed by atoms with Gasteiger partial charge >= 0.3 is 12.4 Å². The summed E-state index contributed by atoms with van der Waals surface area (Å²) in [6.07, 6.45) is 0.718. The second-order valence-corrected chi connectivity index (χ2v) is 10.0. The minimum Gasteiger partial charge on any atom is -0.166 e. The van der Waals surface area contributed by atoms with E-state index < -0.39 is 29.0 Å². The Morgan fingerprint density at radius 1 is 0.636 bits per heavy atom. The van der Waals surface area contributed by atoms with Gasteiger partial charge in [-0.2, -0.15) is 26.3 Å². The van der Waals surface area contributed by atoms with Crippen molar-refractivity contribution in [1.29, 1.82) is 0 Å². The van der Waals surface area contributed by atoms with E-state index >= 15 is 0 Å². The lowest BCUT2D eigenvalue weighted by Crippen LogP contribution is -2.22. The fourth-order valence-electron chi connectivity index (χ4n) is 5.80. The quantitative estimate of drug-likeness (QED) is 0.300. The molecule has 2 fully saturated rings. The molecule has 2 saturated carbocycles. The van der Waals surface area contributed by atoms with E-state index in [1.54, 1.807) is 0 Å².